The Kier molecular flexibility index (Phi) is 9.12. The van der Waals surface area contributed by atoms with Crippen LogP contribution in [0, 0.1) is 0 Å². The molecule has 1 aromatic heterocycles. The summed E-state index contributed by atoms with van der Waals surface area (Å²) in [6.07, 6.45) is 8.60. The van der Waals surface area contributed by atoms with E-state index < -0.39 is 0 Å². The van der Waals surface area contributed by atoms with E-state index in [1.807, 2.05) is 0 Å². The lowest BCUT2D eigenvalue weighted by molar-refractivity contribution is -0.0344. The Morgan fingerprint density at radius 3 is 2.12 bits per heavy atom. The molecule has 2 heterocycles. The van der Waals surface area contributed by atoms with Crippen molar-refractivity contribution in [1.29, 1.82) is 0 Å². The molecule has 0 aliphatic carbocycles. The molecule has 1 fully saturated rings. The average Bonchev–Trinajstić information content (AvgIpc) is 2.84. The molecule has 1 aromatic carbocycles. The maximum atomic E-state index is 6.34. The van der Waals surface area contributed by atoms with E-state index in [4.69, 9.17) is 14.5 Å². The molecule has 4 nitrogen and oxygen atoms in total. The summed E-state index contributed by atoms with van der Waals surface area (Å²) in [7, 11) is 0. The van der Waals surface area contributed by atoms with Crippen molar-refractivity contribution < 1.29 is 9.47 Å². The van der Waals surface area contributed by atoms with E-state index in [1.165, 1.54) is 22.3 Å². The summed E-state index contributed by atoms with van der Waals surface area (Å²) in [5.41, 5.74) is 6.23. The van der Waals surface area contributed by atoms with Crippen LogP contribution in [0.25, 0.3) is 11.3 Å². The first kappa shape index (κ1) is 24.7. The van der Waals surface area contributed by atoms with Gasteiger partial charge >= 0.3 is 0 Å². The molecule has 32 heavy (non-hydrogen) atoms. The fourth-order valence-electron chi connectivity index (χ4n) is 5.47. The summed E-state index contributed by atoms with van der Waals surface area (Å²) < 4.78 is 12.0. The molecule has 3 rings (SSSR count). The summed E-state index contributed by atoms with van der Waals surface area (Å²) in [6, 6.07) is 8.85. The van der Waals surface area contributed by atoms with Gasteiger partial charge in [0, 0.05) is 36.5 Å². The lowest BCUT2D eigenvalue weighted by atomic mass is 9.79. The van der Waals surface area contributed by atoms with E-state index >= 15 is 0 Å². The Bertz CT molecular complexity index is 830. The number of pyridine rings is 1. The predicted octanol–water partition coefficient (Wildman–Crippen LogP) is 6.40. The van der Waals surface area contributed by atoms with Crippen molar-refractivity contribution in [3.63, 3.8) is 0 Å². The topological polar surface area (TPSA) is 34.6 Å². The van der Waals surface area contributed by atoms with Crippen LogP contribution in [0.3, 0.4) is 0 Å². The molecule has 4 heteroatoms. The second-order valence-corrected chi connectivity index (χ2v) is 8.79. The number of aromatic nitrogens is 1. The van der Waals surface area contributed by atoms with E-state index in [-0.39, 0.29) is 5.54 Å². The summed E-state index contributed by atoms with van der Waals surface area (Å²) in [4.78, 5) is 7.74. The number of ether oxygens (including phenoxy) is 2. The Morgan fingerprint density at radius 1 is 0.969 bits per heavy atom. The van der Waals surface area contributed by atoms with Crippen LogP contribution < -0.4 is 4.74 Å². The quantitative estimate of drug-likeness (QED) is 0.406. The maximum Gasteiger partial charge on any atom is 0.128 e. The maximum absolute atomic E-state index is 6.34. The van der Waals surface area contributed by atoms with Gasteiger partial charge in [-0.1, -0.05) is 58.7 Å². The van der Waals surface area contributed by atoms with Crippen molar-refractivity contribution in [2.75, 3.05) is 32.9 Å². The van der Waals surface area contributed by atoms with Crippen LogP contribution in [0.15, 0.2) is 30.5 Å². The number of nitrogens with zero attached hydrogens (tertiary/aromatic N) is 2. The van der Waals surface area contributed by atoms with Crippen molar-refractivity contribution in [2.24, 2.45) is 0 Å². The van der Waals surface area contributed by atoms with Crippen LogP contribution in [-0.4, -0.2) is 42.8 Å². The molecular formula is C28H42N2O2. The average molecular weight is 439 g/mol. The second kappa shape index (κ2) is 11.8. The summed E-state index contributed by atoms with van der Waals surface area (Å²) in [6.45, 7) is 15.3. The first-order valence-electron chi connectivity index (χ1n) is 12.7. The molecule has 0 saturated carbocycles. The molecule has 176 valence electrons. The van der Waals surface area contributed by atoms with Gasteiger partial charge in [0.25, 0.3) is 0 Å². The smallest absolute Gasteiger partial charge is 0.128 e. The van der Waals surface area contributed by atoms with Crippen LogP contribution >= 0.6 is 0 Å². The molecule has 0 N–H and O–H groups in total. The number of aryl methyl sites for hydroxylation is 2. The molecule has 0 radical (unpaired) electrons. The van der Waals surface area contributed by atoms with E-state index in [9.17, 15) is 0 Å². The van der Waals surface area contributed by atoms with Crippen molar-refractivity contribution in [3.05, 3.63) is 47.2 Å². The zero-order valence-electron chi connectivity index (χ0n) is 20.9. The van der Waals surface area contributed by atoms with Gasteiger partial charge in [0.15, 0.2) is 0 Å². The van der Waals surface area contributed by atoms with E-state index in [1.54, 1.807) is 0 Å². The first-order chi connectivity index (χ1) is 15.6. The van der Waals surface area contributed by atoms with Gasteiger partial charge in [-0.3, -0.25) is 9.88 Å². The molecule has 0 spiro atoms. The molecule has 1 aliphatic rings. The first-order valence-corrected chi connectivity index (χ1v) is 12.7. The standard InChI is InChI=1S/C28H42N2O2/c1-6-14-28(15-7-2,30-16-18-31-19-17-30)24-21-29-25(20-26(24)32-10-5)27-22(8-3)12-11-13-23(27)9-4/h11-13,20-21H,6-10,14-19H2,1-5H3. The van der Waals surface area contributed by atoms with Crippen molar-refractivity contribution in [1.82, 2.24) is 9.88 Å². The van der Waals surface area contributed by atoms with Gasteiger partial charge in [0.1, 0.15) is 5.75 Å². The molecule has 0 bridgehead atoms. The minimum atomic E-state index is -0.0544. The van der Waals surface area contributed by atoms with Crippen LogP contribution in [-0.2, 0) is 23.1 Å². The summed E-state index contributed by atoms with van der Waals surface area (Å²) in [5.74, 6) is 0.999. The van der Waals surface area contributed by atoms with Crippen LogP contribution in [0.1, 0.15) is 77.0 Å². The predicted molar refractivity (Wildman–Crippen MR) is 133 cm³/mol. The Balaban J connectivity index is 2.18. The third-order valence-electron chi connectivity index (χ3n) is 6.87. The number of hydrogen-bond donors (Lipinski definition) is 0. The highest BCUT2D eigenvalue weighted by Gasteiger charge is 2.40. The number of rotatable bonds is 11. The Morgan fingerprint density at radius 2 is 1.59 bits per heavy atom. The van der Waals surface area contributed by atoms with Gasteiger partial charge in [0.05, 0.1) is 31.1 Å². The largest absolute Gasteiger partial charge is 0.493 e. The third-order valence-corrected chi connectivity index (χ3v) is 6.87. The number of hydrogen-bond acceptors (Lipinski definition) is 4. The number of benzene rings is 1. The second-order valence-electron chi connectivity index (χ2n) is 8.79. The van der Waals surface area contributed by atoms with E-state index in [2.05, 4.69) is 70.0 Å². The van der Waals surface area contributed by atoms with Gasteiger partial charge in [-0.25, -0.2) is 0 Å². The lowest BCUT2D eigenvalue weighted by Gasteiger charge is -2.46. The van der Waals surface area contributed by atoms with Gasteiger partial charge in [-0.15, -0.1) is 0 Å². The molecule has 0 amide bonds. The zero-order valence-corrected chi connectivity index (χ0v) is 20.9. The van der Waals surface area contributed by atoms with Crippen LogP contribution in [0.2, 0.25) is 0 Å². The number of morpholine rings is 1. The summed E-state index contributed by atoms with van der Waals surface area (Å²) in [5, 5.41) is 0. The SMILES string of the molecule is CCCC(CCC)(c1cnc(-c2c(CC)cccc2CC)cc1OCC)N1CCOCC1. The van der Waals surface area contributed by atoms with Crippen molar-refractivity contribution in [2.45, 2.75) is 78.7 Å². The zero-order chi connectivity index (χ0) is 23.0. The molecule has 1 aliphatic heterocycles. The highest BCUT2D eigenvalue weighted by molar-refractivity contribution is 5.70. The molecular weight excluding hydrogens is 396 g/mol. The molecule has 2 aromatic rings. The van der Waals surface area contributed by atoms with Crippen LogP contribution in [0.5, 0.6) is 5.75 Å². The normalized spacial score (nSPS) is 15.2. The Hall–Kier alpha value is -1.91. The fourth-order valence-corrected chi connectivity index (χ4v) is 5.47. The lowest BCUT2D eigenvalue weighted by Crippen LogP contribution is -2.51. The highest BCUT2D eigenvalue weighted by atomic mass is 16.5. The van der Waals surface area contributed by atoms with Gasteiger partial charge in [-0.05, 0) is 43.7 Å². The molecule has 0 atom stereocenters. The summed E-state index contributed by atoms with van der Waals surface area (Å²) >= 11 is 0. The van der Waals surface area contributed by atoms with Gasteiger partial charge in [0.2, 0.25) is 0 Å². The minimum absolute atomic E-state index is 0.0544. The third kappa shape index (κ3) is 5.02. The monoisotopic (exact) mass is 438 g/mol. The highest BCUT2D eigenvalue weighted by Crippen LogP contribution is 2.44. The van der Waals surface area contributed by atoms with E-state index in [0.717, 1.165) is 76.3 Å². The van der Waals surface area contributed by atoms with Crippen molar-refractivity contribution in [3.8, 4) is 17.0 Å². The molecule has 1 saturated heterocycles. The Labute approximate surface area is 195 Å². The minimum Gasteiger partial charge on any atom is -0.493 e. The van der Waals surface area contributed by atoms with Gasteiger partial charge < -0.3 is 9.47 Å². The van der Waals surface area contributed by atoms with Crippen LogP contribution in [0.4, 0.5) is 0 Å². The van der Waals surface area contributed by atoms with Gasteiger partial charge in [-0.2, -0.15) is 0 Å². The van der Waals surface area contributed by atoms with E-state index in [0.29, 0.717) is 6.61 Å². The van der Waals surface area contributed by atoms with Crippen molar-refractivity contribution >= 4 is 0 Å². The fraction of sp³-hybridized carbons (Fsp3) is 0.607. The molecule has 0 unspecified atom stereocenters.